The maximum Gasteiger partial charge on any atom is 0.369 e. The number of sulfonamides is 1. The zero-order valence-corrected chi connectivity index (χ0v) is 15.2. The number of nitriles is 1. The first-order chi connectivity index (χ1) is 13.0. The minimum Gasteiger partial charge on any atom is -0.464 e. The summed E-state index contributed by atoms with van der Waals surface area (Å²) in [6, 6.07) is 14.9. The summed E-state index contributed by atoms with van der Waals surface area (Å²) in [5.74, 6) is -0.864. The van der Waals surface area contributed by atoms with Gasteiger partial charge in [0, 0.05) is 6.54 Å². The van der Waals surface area contributed by atoms with Crippen molar-refractivity contribution in [3.63, 3.8) is 0 Å². The molecule has 2 aromatic rings. The number of hydrogen-bond donors (Lipinski definition) is 1. The van der Waals surface area contributed by atoms with Crippen molar-refractivity contribution in [1.82, 2.24) is 0 Å². The van der Waals surface area contributed by atoms with Crippen LogP contribution in [0.5, 0.6) is 0 Å². The monoisotopic (exact) mass is 384 g/mol. The van der Waals surface area contributed by atoms with Crippen molar-refractivity contribution in [2.75, 3.05) is 23.4 Å². The van der Waals surface area contributed by atoms with Gasteiger partial charge in [-0.3, -0.25) is 9.73 Å². The largest absolute Gasteiger partial charge is 0.464 e. The average molecular weight is 384 g/mol. The van der Waals surface area contributed by atoms with Crippen LogP contribution in [0.3, 0.4) is 0 Å². The van der Waals surface area contributed by atoms with Crippen molar-refractivity contribution in [3.8, 4) is 6.07 Å². The molecule has 0 aromatic heterocycles. The molecule has 0 fully saturated rings. The molecule has 0 amide bonds. The number of carbonyl (C=O) groups excluding carboxylic acids is 1. The second-order valence-electron chi connectivity index (χ2n) is 5.66. The molecule has 0 radical (unpaired) electrons. The Morgan fingerprint density at radius 2 is 1.93 bits per heavy atom. The first-order valence-corrected chi connectivity index (χ1v) is 9.44. The van der Waals surface area contributed by atoms with Crippen LogP contribution >= 0.6 is 0 Å². The number of nitrogens with one attached hydrogen (secondary N) is 1. The first-order valence-electron chi connectivity index (χ1n) is 8.00. The Bertz CT molecular complexity index is 1040. The number of anilines is 2. The quantitative estimate of drug-likeness (QED) is 0.479. The molecule has 0 saturated heterocycles. The van der Waals surface area contributed by atoms with Gasteiger partial charge in [-0.25, -0.2) is 13.2 Å². The molecule has 1 aliphatic heterocycles. The third kappa shape index (κ3) is 3.61. The zero-order chi connectivity index (χ0) is 19.4. The first kappa shape index (κ1) is 18.4. The van der Waals surface area contributed by atoms with Crippen LogP contribution in [0, 0.1) is 11.3 Å². The number of hydrazone groups is 1. The van der Waals surface area contributed by atoms with Gasteiger partial charge in [0.1, 0.15) is 6.07 Å². The van der Waals surface area contributed by atoms with Crippen LogP contribution in [0.1, 0.15) is 5.56 Å². The standard InChI is InChI=1S/C18H16N4O4S/c1-26-18(23)16(12-19)21-20-14-6-8-15(9-7-14)27(24,25)22-11-10-13-4-2-3-5-17(13)22/h2-9,20H,10-11H2,1H3/b21-16+. The van der Waals surface area contributed by atoms with Gasteiger partial charge < -0.3 is 4.74 Å². The molecule has 2 aromatic carbocycles. The molecule has 3 rings (SSSR count). The summed E-state index contributed by atoms with van der Waals surface area (Å²) < 4.78 is 31.7. The predicted molar refractivity (Wildman–Crippen MR) is 99.8 cm³/mol. The van der Waals surface area contributed by atoms with Gasteiger partial charge in [0.05, 0.1) is 23.4 Å². The normalized spacial score (nSPS) is 13.6. The summed E-state index contributed by atoms with van der Waals surface area (Å²) in [6.07, 6.45) is 0.675. The molecular weight excluding hydrogens is 368 g/mol. The van der Waals surface area contributed by atoms with E-state index in [-0.39, 0.29) is 4.90 Å². The number of methoxy groups -OCH3 is 1. The summed E-state index contributed by atoms with van der Waals surface area (Å²) in [6.45, 7) is 0.399. The summed E-state index contributed by atoms with van der Waals surface area (Å²) >= 11 is 0. The van der Waals surface area contributed by atoms with E-state index >= 15 is 0 Å². The fourth-order valence-electron chi connectivity index (χ4n) is 2.72. The predicted octanol–water partition coefficient (Wildman–Crippen LogP) is 1.90. The lowest BCUT2D eigenvalue weighted by Gasteiger charge is -2.19. The Balaban J connectivity index is 1.81. The molecule has 1 heterocycles. The van der Waals surface area contributed by atoms with Gasteiger partial charge in [0.25, 0.3) is 10.0 Å². The van der Waals surface area contributed by atoms with E-state index in [0.29, 0.717) is 24.3 Å². The summed E-state index contributed by atoms with van der Waals surface area (Å²) in [7, 11) is -2.53. The Morgan fingerprint density at radius 3 is 2.59 bits per heavy atom. The van der Waals surface area contributed by atoms with Gasteiger partial charge >= 0.3 is 5.97 Å². The van der Waals surface area contributed by atoms with Crippen molar-refractivity contribution < 1.29 is 17.9 Å². The summed E-state index contributed by atoms with van der Waals surface area (Å²) in [5, 5.41) is 12.5. The second-order valence-corrected chi connectivity index (χ2v) is 7.52. The number of nitrogens with zero attached hydrogens (tertiary/aromatic N) is 3. The molecule has 0 saturated carbocycles. The van der Waals surface area contributed by atoms with Crippen molar-refractivity contribution in [3.05, 3.63) is 54.1 Å². The highest BCUT2D eigenvalue weighted by Gasteiger charge is 2.30. The molecule has 8 nitrogen and oxygen atoms in total. The van der Waals surface area contributed by atoms with E-state index in [1.54, 1.807) is 12.1 Å². The van der Waals surface area contributed by atoms with Gasteiger partial charge in [-0.2, -0.15) is 10.4 Å². The molecule has 0 unspecified atom stereocenters. The van der Waals surface area contributed by atoms with E-state index in [2.05, 4.69) is 15.3 Å². The molecule has 0 atom stereocenters. The molecule has 1 N–H and O–H groups in total. The highest BCUT2D eigenvalue weighted by atomic mass is 32.2. The average Bonchev–Trinajstić information content (AvgIpc) is 3.13. The van der Waals surface area contributed by atoms with Crippen LogP contribution < -0.4 is 9.73 Å². The molecule has 9 heteroatoms. The van der Waals surface area contributed by atoms with Gasteiger partial charge in [-0.15, -0.1) is 0 Å². The van der Waals surface area contributed by atoms with Crippen LogP contribution in [0.4, 0.5) is 11.4 Å². The van der Waals surface area contributed by atoms with Crippen LogP contribution in [-0.4, -0.2) is 33.8 Å². The maximum absolute atomic E-state index is 12.9. The van der Waals surface area contributed by atoms with E-state index in [1.807, 2.05) is 18.2 Å². The van der Waals surface area contributed by atoms with Crippen LogP contribution in [-0.2, 0) is 26.0 Å². The van der Waals surface area contributed by atoms with Crippen molar-refractivity contribution in [2.24, 2.45) is 5.10 Å². The van der Waals surface area contributed by atoms with E-state index in [1.165, 1.54) is 28.6 Å². The summed E-state index contributed by atoms with van der Waals surface area (Å²) in [5.41, 5.74) is 4.21. The summed E-state index contributed by atoms with van der Waals surface area (Å²) in [4.78, 5) is 11.4. The van der Waals surface area contributed by atoms with Gasteiger partial charge in [0.2, 0.25) is 5.71 Å². The third-order valence-corrected chi connectivity index (χ3v) is 5.90. The second kappa shape index (κ2) is 7.47. The molecule has 27 heavy (non-hydrogen) atoms. The number of ether oxygens (including phenoxy) is 1. The highest BCUT2D eigenvalue weighted by Crippen LogP contribution is 2.32. The Hall–Kier alpha value is -3.38. The Labute approximate surface area is 156 Å². The SMILES string of the molecule is COC(=O)/C(C#N)=N/Nc1ccc(S(=O)(=O)N2CCc3ccccc32)cc1. The molecule has 0 aliphatic carbocycles. The number of benzene rings is 2. The lowest BCUT2D eigenvalue weighted by molar-refractivity contribution is -0.132. The number of hydrogen-bond acceptors (Lipinski definition) is 7. The smallest absolute Gasteiger partial charge is 0.369 e. The lowest BCUT2D eigenvalue weighted by atomic mass is 10.2. The lowest BCUT2D eigenvalue weighted by Crippen LogP contribution is -2.29. The van der Waals surface area contributed by atoms with Gasteiger partial charge in [-0.05, 0) is 42.3 Å². The molecule has 0 bridgehead atoms. The van der Waals surface area contributed by atoms with Crippen LogP contribution in [0.25, 0.3) is 0 Å². The van der Waals surface area contributed by atoms with Crippen molar-refractivity contribution in [2.45, 2.75) is 11.3 Å². The van der Waals surface area contributed by atoms with Gasteiger partial charge in [0.15, 0.2) is 0 Å². The zero-order valence-electron chi connectivity index (χ0n) is 14.4. The molecule has 1 aliphatic rings. The van der Waals surface area contributed by atoms with E-state index in [4.69, 9.17) is 5.26 Å². The minimum atomic E-state index is -3.68. The fourth-order valence-corrected chi connectivity index (χ4v) is 4.22. The number of carbonyl (C=O) groups is 1. The topological polar surface area (TPSA) is 112 Å². The van der Waals surface area contributed by atoms with Crippen molar-refractivity contribution in [1.29, 1.82) is 5.26 Å². The minimum absolute atomic E-state index is 0.141. The number of para-hydroxylation sites is 1. The number of esters is 1. The number of fused-ring (bicyclic) bond motifs is 1. The van der Waals surface area contributed by atoms with Crippen molar-refractivity contribution >= 4 is 33.1 Å². The molecular formula is C18H16N4O4S. The van der Waals surface area contributed by atoms with E-state index in [9.17, 15) is 13.2 Å². The number of rotatable bonds is 5. The fraction of sp³-hybridized carbons (Fsp3) is 0.167. The van der Waals surface area contributed by atoms with E-state index in [0.717, 1.165) is 12.7 Å². The maximum atomic E-state index is 12.9. The Kier molecular flexibility index (Phi) is 5.09. The third-order valence-electron chi connectivity index (χ3n) is 4.07. The Morgan fingerprint density at radius 1 is 1.22 bits per heavy atom. The van der Waals surface area contributed by atoms with Gasteiger partial charge in [-0.1, -0.05) is 18.2 Å². The molecule has 0 spiro atoms. The molecule has 138 valence electrons. The van der Waals surface area contributed by atoms with E-state index < -0.39 is 21.7 Å². The van der Waals surface area contributed by atoms with Crippen LogP contribution in [0.2, 0.25) is 0 Å². The highest BCUT2D eigenvalue weighted by molar-refractivity contribution is 7.92. The van der Waals surface area contributed by atoms with Crippen LogP contribution in [0.15, 0.2) is 58.5 Å².